The molecular weight excluding hydrogens is 411 g/mol. The van der Waals surface area contributed by atoms with Gasteiger partial charge in [0.1, 0.15) is 11.5 Å². The van der Waals surface area contributed by atoms with Crippen molar-refractivity contribution in [3.8, 4) is 11.5 Å². The van der Waals surface area contributed by atoms with Gasteiger partial charge >= 0.3 is 0 Å². The van der Waals surface area contributed by atoms with E-state index in [0.717, 1.165) is 10.5 Å². The molecule has 0 radical (unpaired) electrons. The average Bonchev–Trinajstić information content (AvgIpc) is 3.02. The second-order valence-corrected chi connectivity index (χ2v) is 7.24. The number of hydrogen-bond acceptors (Lipinski definition) is 5. The number of nitrogens with zero attached hydrogens (tertiary/aromatic N) is 1. The molecule has 0 atom stereocenters. The van der Waals surface area contributed by atoms with Crippen LogP contribution in [0.2, 0.25) is 0 Å². The number of halogens is 1. The summed E-state index contributed by atoms with van der Waals surface area (Å²) in [5, 5.41) is 2.95. The highest BCUT2D eigenvalue weighted by molar-refractivity contribution is 6.46. The minimum atomic E-state index is -0.533. The van der Waals surface area contributed by atoms with Gasteiger partial charge in [-0.25, -0.2) is 9.29 Å². The molecule has 162 valence electrons. The summed E-state index contributed by atoms with van der Waals surface area (Å²) < 4.78 is 24.4. The zero-order valence-corrected chi connectivity index (χ0v) is 17.8. The molecule has 0 bridgehead atoms. The number of anilines is 2. The number of methoxy groups -OCH3 is 2. The summed E-state index contributed by atoms with van der Waals surface area (Å²) in [6.45, 7) is 1.88. The molecule has 1 aliphatic heterocycles. The van der Waals surface area contributed by atoms with Crippen molar-refractivity contribution in [1.82, 2.24) is 0 Å². The van der Waals surface area contributed by atoms with Crippen LogP contribution in [0.15, 0.2) is 72.4 Å². The number of hydrogen-bond donors (Lipinski definition) is 1. The Morgan fingerprint density at radius 3 is 2.28 bits per heavy atom. The fourth-order valence-corrected chi connectivity index (χ4v) is 3.62. The molecule has 0 aromatic heterocycles. The monoisotopic (exact) mass is 432 g/mol. The number of rotatable bonds is 6. The van der Waals surface area contributed by atoms with Crippen molar-refractivity contribution < 1.29 is 23.5 Å². The molecule has 1 aliphatic rings. The summed E-state index contributed by atoms with van der Waals surface area (Å²) in [5.74, 6) is -0.586. The predicted octanol–water partition coefficient (Wildman–Crippen LogP) is 4.55. The summed E-state index contributed by atoms with van der Waals surface area (Å²) >= 11 is 0. The normalized spacial score (nSPS) is 13.6. The first-order valence-electron chi connectivity index (χ1n) is 9.87. The largest absolute Gasteiger partial charge is 0.493 e. The lowest BCUT2D eigenvalue weighted by Crippen LogP contribution is -2.32. The lowest BCUT2D eigenvalue weighted by molar-refractivity contribution is -0.120. The van der Waals surface area contributed by atoms with Gasteiger partial charge in [0.25, 0.3) is 11.8 Å². The summed E-state index contributed by atoms with van der Waals surface area (Å²) in [6.07, 6.45) is 0. The molecule has 3 aromatic rings. The lowest BCUT2D eigenvalue weighted by atomic mass is 10.0. The average molecular weight is 432 g/mol. The van der Waals surface area contributed by atoms with E-state index < -0.39 is 17.6 Å². The van der Waals surface area contributed by atoms with Crippen LogP contribution in [0.4, 0.5) is 15.8 Å². The molecular formula is C25H21FN2O4. The second kappa shape index (κ2) is 8.55. The Hall–Kier alpha value is -4.13. The summed E-state index contributed by atoms with van der Waals surface area (Å²) in [4.78, 5) is 28.0. The van der Waals surface area contributed by atoms with Gasteiger partial charge in [-0.1, -0.05) is 24.3 Å². The van der Waals surface area contributed by atoms with Crippen molar-refractivity contribution in [3.63, 3.8) is 0 Å². The Balaban J connectivity index is 1.86. The number of carbonyl (C=O) groups excluding carboxylic acids is 2. The Labute approximate surface area is 184 Å². The minimum absolute atomic E-state index is 0.0503. The number of amides is 2. The number of benzene rings is 3. The molecule has 0 aliphatic carbocycles. The van der Waals surface area contributed by atoms with Crippen LogP contribution in [-0.2, 0) is 9.59 Å². The van der Waals surface area contributed by atoms with E-state index in [9.17, 15) is 14.0 Å². The number of nitrogens with one attached hydrogen (secondary N) is 1. The van der Waals surface area contributed by atoms with E-state index in [2.05, 4.69) is 5.32 Å². The van der Waals surface area contributed by atoms with Crippen LogP contribution in [0, 0.1) is 12.7 Å². The Morgan fingerprint density at radius 2 is 1.59 bits per heavy atom. The van der Waals surface area contributed by atoms with Gasteiger partial charge in [-0.05, 0) is 60.5 Å². The van der Waals surface area contributed by atoms with Gasteiger partial charge in [-0.2, -0.15) is 0 Å². The van der Waals surface area contributed by atoms with Crippen LogP contribution in [0.25, 0.3) is 5.57 Å². The Kier molecular flexibility index (Phi) is 5.64. The number of imide groups is 1. The quantitative estimate of drug-likeness (QED) is 0.579. The van der Waals surface area contributed by atoms with E-state index in [-0.39, 0.29) is 11.3 Å². The molecule has 32 heavy (non-hydrogen) atoms. The van der Waals surface area contributed by atoms with E-state index in [1.165, 1.54) is 32.4 Å². The fourth-order valence-electron chi connectivity index (χ4n) is 3.62. The van der Waals surface area contributed by atoms with Crippen LogP contribution >= 0.6 is 0 Å². The highest BCUT2D eigenvalue weighted by atomic mass is 19.1. The maximum atomic E-state index is 13.8. The highest BCUT2D eigenvalue weighted by Gasteiger charge is 2.40. The Bertz CT molecular complexity index is 1250. The van der Waals surface area contributed by atoms with Gasteiger partial charge in [-0.15, -0.1) is 0 Å². The second-order valence-electron chi connectivity index (χ2n) is 7.24. The van der Waals surface area contributed by atoms with Gasteiger partial charge in [0.05, 0.1) is 25.5 Å². The molecule has 4 rings (SSSR count). The summed E-state index contributed by atoms with van der Waals surface area (Å²) in [6, 6.07) is 17.8. The smallest absolute Gasteiger partial charge is 0.282 e. The van der Waals surface area contributed by atoms with Gasteiger partial charge < -0.3 is 14.8 Å². The molecule has 0 fully saturated rings. The van der Waals surface area contributed by atoms with Crippen molar-refractivity contribution in [2.45, 2.75) is 6.92 Å². The first-order chi connectivity index (χ1) is 15.4. The molecule has 7 heteroatoms. The summed E-state index contributed by atoms with van der Waals surface area (Å²) in [5.41, 5.74) is 2.38. The molecule has 3 aromatic carbocycles. The molecule has 0 unspecified atom stereocenters. The van der Waals surface area contributed by atoms with Gasteiger partial charge in [0.2, 0.25) is 0 Å². The zero-order chi connectivity index (χ0) is 22.8. The molecule has 0 saturated carbocycles. The first-order valence-corrected chi connectivity index (χ1v) is 9.87. The van der Waals surface area contributed by atoms with Crippen LogP contribution in [0.1, 0.15) is 11.1 Å². The standard InChI is InChI=1S/C25H21FN2O4/c1-15-6-4-9-19(12-15)28-24(29)22(16-10-11-20(31-2)21(13-16)32-3)23(25(28)30)27-18-8-5-7-17(26)14-18/h4-14,27H,1-3H3. The third-order valence-corrected chi connectivity index (χ3v) is 5.11. The van der Waals surface area contributed by atoms with E-state index >= 15 is 0 Å². The fraction of sp³-hybridized carbons (Fsp3) is 0.120. The van der Waals surface area contributed by atoms with Crippen LogP contribution in [0.3, 0.4) is 0 Å². The van der Waals surface area contributed by atoms with E-state index in [1.807, 2.05) is 13.0 Å². The van der Waals surface area contributed by atoms with Gasteiger partial charge in [0.15, 0.2) is 11.5 Å². The molecule has 1 N–H and O–H groups in total. The summed E-state index contributed by atoms with van der Waals surface area (Å²) in [7, 11) is 3.00. The van der Waals surface area contributed by atoms with Gasteiger partial charge in [-0.3, -0.25) is 9.59 Å². The molecule has 6 nitrogen and oxygen atoms in total. The molecule has 2 amide bonds. The number of ether oxygens (including phenoxy) is 2. The topological polar surface area (TPSA) is 67.9 Å². The third-order valence-electron chi connectivity index (χ3n) is 5.11. The van der Waals surface area contributed by atoms with E-state index in [1.54, 1.807) is 42.5 Å². The van der Waals surface area contributed by atoms with Gasteiger partial charge in [0, 0.05) is 5.69 Å². The number of aryl methyl sites for hydroxylation is 1. The highest BCUT2D eigenvalue weighted by Crippen LogP contribution is 2.37. The maximum absolute atomic E-state index is 13.8. The number of carbonyl (C=O) groups is 2. The minimum Gasteiger partial charge on any atom is -0.493 e. The third kappa shape index (κ3) is 3.80. The van der Waals surface area contributed by atoms with Crippen molar-refractivity contribution >= 4 is 28.8 Å². The first kappa shape index (κ1) is 21.1. The molecule has 0 spiro atoms. The van der Waals surface area contributed by atoms with E-state index in [0.29, 0.717) is 28.4 Å². The molecule has 0 saturated heterocycles. The van der Waals surface area contributed by atoms with Crippen molar-refractivity contribution in [3.05, 3.63) is 89.4 Å². The van der Waals surface area contributed by atoms with Crippen molar-refractivity contribution in [2.75, 3.05) is 24.4 Å². The van der Waals surface area contributed by atoms with Crippen LogP contribution < -0.4 is 19.7 Å². The molecule has 1 heterocycles. The van der Waals surface area contributed by atoms with Crippen molar-refractivity contribution in [1.29, 1.82) is 0 Å². The van der Waals surface area contributed by atoms with Crippen molar-refractivity contribution in [2.24, 2.45) is 0 Å². The zero-order valence-electron chi connectivity index (χ0n) is 17.8. The predicted molar refractivity (Wildman–Crippen MR) is 120 cm³/mol. The van der Waals surface area contributed by atoms with Crippen LogP contribution in [0.5, 0.6) is 11.5 Å². The van der Waals surface area contributed by atoms with Crippen LogP contribution in [-0.4, -0.2) is 26.0 Å². The SMILES string of the molecule is COc1ccc(C2=C(Nc3cccc(F)c3)C(=O)N(c3cccc(C)c3)C2=O)cc1OC. The maximum Gasteiger partial charge on any atom is 0.282 e. The lowest BCUT2D eigenvalue weighted by Gasteiger charge is -2.16. The Morgan fingerprint density at radius 1 is 0.844 bits per heavy atom. The van der Waals surface area contributed by atoms with E-state index in [4.69, 9.17) is 9.47 Å².